The molecule has 28 heavy (non-hydrogen) atoms. The molecule has 2 aromatic carbocycles. The zero-order chi connectivity index (χ0) is 20.7. The molecular weight excluding hydrogens is 375 g/mol. The number of halogens is 3. The Kier molecular flexibility index (Phi) is 7.17. The summed E-state index contributed by atoms with van der Waals surface area (Å²) >= 11 is 0. The Morgan fingerprint density at radius 3 is 2.43 bits per heavy atom. The average Bonchev–Trinajstić information content (AvgIpc) is 2.67. The summed E-state index contributed by atoms with van der Waals surface area (Å²) in [5.74, 6) is -1.07. The van der Waals surface area contributed by atoms with Gasteiger partial charge < -0.3 is 14.8 Å². The van der Waals surface area contributed by atoms with E-state index in [0.717, 1.165) is 12.1 Å². The van der Waals surface area contributed by atoms with Crippen LogP contribution in [0.25, 0.3) is 11.1 Å². The van der Waals surface area contributed by atoms with Gasteiger partial charge in [-0.05, 0) is 42.3 Å². The van der Waals surface area contributed by atoms with Gasteiger partial charge >= 0.3 is 12.1 Å². The number of ether oxygens (including phenoxy) is 2. The Morgan fingerprint density at radius 2 is 1.79 bits per heavy atom. The van der Waals surface area contributed by atoms with Crippen molar-refractivity contribution in [1.29, 1.82) is 0 Å². The summed E-state index contributed by atoms with van der Waals surface area (Å²) in [6.45, 7) is 2.52. The van der Waals surface area contributed by atoms with Crippen LogP contribution in [0.2, 0.25) is 0 Å². The van der Waals surface area contributed by atoms with Crippen LogP contribution in [0.3, 0.4) is 0 Å². The quantitative estimate of drug-likeness (QED) is 0.553. The number of hydrogen-bond acceptors (Lipinski definition) is 4. The first kappa shape index (κ1) is 21.4. The minimum absolute atomic E-state index is 0.0437. The lowest BCUT2D eigenvalue weighted by Crippen LogP contribution is -2.17. The van der Waals surface area contributed by atoms with Gasteiger partial charge in [0.25, 0.3) is 0 Å². The van der Waals surface area contributed by atoms with Crippen molar-refractivity contribution >= 4 is 17.6 Å². The molecule has 0 bridgehead atoms. The third kappa shape index (κ3) is 5.56. The fraction of sp³-hybridized carbons (Fsp3) is 0.300. The van der Waals surface area contributed by atoms with Crippen molar-refractivity contribution in [3.05, 3.63) is 53.6 Å². The summed E-state index contributed by atoms with van der Waals surface area (Å²) in [6.07, 6.45) is -4.38. The highest BCUT2D eigenvalue weighted by Gasteiger charge is 2.30. The first-order valence-corrected chi connectivity index (χ1v) is 8.53. The van der Waals surface area contributed by atoms with Crippen LogP contribution in [0.15, 0.2) is 42.5 Å². The van der Waals surface area contributed by atoms with Crippen LogP contribution in [0, 0.1) is 0 Å². The van der Waals surface area contributed by atoms with Crippen molar-refractivity contribution in [2.45, 2.75) is 19.5 Å². The summed E-state index contributed by atoms with van der Waals surface area (Å²) in [6, 6.07) is 9.14. The fourth-order valence-electron chi connectivity index (χ4n) is 2.51. The molecule has 0 atom stereocenters. The third-order valence-corrected chi connectivity index (χ3v) is 3.90. The van der Waals surface area contributed by atoms with Gasteiger partial charge in [0, 0.05) is 6.61 Å². The summed E-state index contributed by atoms with van der Waals surface area (Å²) in [7, 11) is 1.18. The highest BCUT2D eigenvalue weighted by Crippen LogP contribution is 2.33. The van der Waals surface area contributed by atoms with Gasteiger partial charge in [-0.15, -0.1) is 0 Å². The first-order chi connectivity index (χ1) is 13.3. The molecule has 1 amide bonds. The number of benzene rings is 2. The largest absolute Gasteiger partial charge is 0.465 e. The Bertz CT molecular complexity index is 850. The van der Waals surface area contributed by atoms with Crippen molar-refractivity contribution in [3.8, 4) is 11.1 Å². The van der Waals surface area contributed by atoms with Crippen LogP contribution in [0.5, 0.6) is 0 Å². The number of carbonyl (C=O) groups is 2. The molecule has 2 rings (SSSR count). The Balaban J connectivity index is 2.34. The average molecular weight is 395 g/mol. The van der Waals surface area contributed by atoms with Gasteiger partial charge in [-0.3, -0.25) is 4.79 Å². The van der Waals surface area contributed by atoms with Crippen LogP contribution in [0.4, 0.5) is 18.9 Å². The molecule has 150 valence electrons. The van der Waals surface area contributed by atoms with Gasteiger partial charge in [0.1, 0.15) is 0 Å². The molecule has 0 aliphatic rings. The van der Waals surface area contributed by atoms with E-state index in [0.29, 0.717) is 12.2 Å². The number of carbonyl (C=O) groups excluding carboxylic acids is 2. The molecule has 0 fully saturated rings. The molecule has 8 heteroatoms. The number of esters is 1. The second-order valence-corrected chi connectivity index (χ2v) is 5.83. The number of rotatable bonds is 7. The molecule has 0 heterocycles. The molecule has 0 aliphatic carbocycles. The molecule has 0 saturated carbocycles. The topological polar surface area (TPSA) is 64.6 Å². The van der Waals surface area contributed by atoms with E-state index >= 15 is 0 Å². The summed E-state index contributed by atoms with van der Waals surface area (Å²) in [4.78, 5) is 24.1. The first-order valence-electron chi connectivity index (χ1n) is 8.53. The third-order valence-electron chi connectivity index (χ3n) is 3.90. The number of anilines is 1. The van der Waals surface area contributed by atoms with E-state index in [1.54, 1.807) is 6.92 Å². The second-order valence-electron chi connectivity index (χ2n) is 5.83. The van der Waals surface area contributed by atoms with Gasteiger partial charge in [0.15, 0.2) is 0 Å². The standard InChI is InChI=1S/C20H20F3NO4/c1-3-28-10-9-18(25)24-17-8-7-14(12-16(17)19(26)27-2)13-5-4-6-15(11-13)20(21,22)23/h4-8,11-12H,3,9-10H2,1-2H3,(H,24,25). The maximum Gasteiger partial charge on any atom is 0.416 e. The predicted octanol–water partition coefficient (Wildman–Crippen LogP) is 4.52. The van der Waals surface area contributed by atoms with E-state index in [-0.39, 0.29) is 35.7 Å². The van der Waals surface area contributed by atoms with Crippen molar-refractivity contribution < 1.29 is 32.2 Å². The minimum Gasteiger partial charge on any atom is -0.465 e. The summed E-state index contributed by atoms with van der Waals surface area (Å²) in [5, 5.41) is 2.60. The van der Waals surface area contributed by atoms with Crippen LogP contribution in [-0.2, 0) is 20.4 Å². The van der Waals surface area contributed by atoms with Crippen molar-refractivity contribution in [2.24, 2.45) is 0 Å². The van der Waals surface area contributed by atoms with Crippen LogP contribution < -0.4 is 5.32 Å². The van der Waals surface area contributed by atoms with E-state index in [4.69, 9.17) is 9.47 Å². The number of hydrogen-bond donors (Lipinski definition) is 1. The van der Waals surface area contributed by atoms with Gasteiger partial charge in [-0.1, -0.05) is 18.2 Å². The molecule has 0 aromatic heterocycles. The maximum absolute atomic E-state index is 12.9. The van der Waals surface area contributed by atoms with Gasteiger partial charge in [0.05, 0.1) is 37.0 Å². The molecule has 5 nitrogen and oxygen atoms in total. The fourth-order valence-corrected chi connectivity index (χ4v) is 2.51. The zero-order valence-electron chi connectivity index (χ0n) is 15.4. The SMILES string of the molecule is CCOCCC(=O)Nc1ccc(-c2cccc(C(F)(F)F)c2)cc1C(=O)OC. The molecule has 1 N–H and O–H groups in total. The molecule has 0 unspecified atom stereocenters. The highest BCUT2D eigenvalue weighted by molar-refractivity contribution is 6.02. The van der Waals surface area contributed by atoms with Gasteiger partial charge in [0.2, 0.25) is 5.91 Å². The molecule has 2 aromatic rings. The van der Waals surface area contributed by atoms with E-state index in [9.17, 15) is 22.8 Å². The molecule has 0 spiro atoms. The second kappa shape index (κ2) is 9.36. The molecule has 0 radical (unpaired) electrons. The summed E-state index contributed by atoms with van der Waals surface area (Å²) < 4.78 is 48.7. The van der Waals surface area contributed by atoms with Crippen LogP contribution in [-0.4, -0.2) is 32.2 Å². The van der Waals surface area contributed by atoms with Crippen LogP contribution >= 0.6 is 0 Å². The Labute approximate surface area is 160 Å². The van der Waals surface area contributed by atoms with Gasteiger partial charge in [-0.2, -0.15) is 13.2 Å². The normalized spacial score (nSPS) is 11.2. The predicted molar refractivity (Wildman–Crippen MR) is 98.0 cm³/mol. The van der Waals surface area contributed by atoms with Gasteiger partial charge in [-0.25, -0.2) is 4.79 Å². The van der Waals surface area contributed by atoms with E-state index in [1.165, 1.54) is 37.4 Å². The zero-order valence-corrected chi connectivity index (χ0v) is 15.4. The smallest absolute Gasteiger partial charge is 0.416 e. The Hall–Kier alpha value is -2.87. The lowest BCUT2D eigenvalue weighted by atomic mass is 9.99. The van der Waals surface area contributed by atoms with E-state index in [1.807, 2.05) is 0 Å². The number of nitrogens with one attached hydrogen (secondary N) is 1. The summed E-state index contributed by atoms with van der Waals surface area (Å²) in [5.41, 5.74) is 0.136. The Morgan fingerprint density at radius 1 is 1.07 bits per heavy atom. The van der Waals surface area contributed by atoms with Crippen molar-refractivity contribution in [1.82, 2.24) is 0 Å². The van der Waals surface area contributed by atoms with Crippen LogP contribution in [0.1, 0.15) is 29.3 Å². The van der Waals surface area contributed by atoms with Crippen molar-refractivity contribution in [3.63, 3.8) is 0 Å². The molecular formula is C20H20F3NO4. The van der Waals surface area contributed by atoms with E-state index in [2.05, 4.69) is 5.32 Å². The molecule has 0 aliphatic heterocycles. The lowest BCUT2D eigenvalue weighted by molar-refractivity contribution is -0.137. The van der Waals surface area contributed by atoms with Crippen molar-refractivity contribution in [2.75, 3.05) is 25.6 Å². The van der Waals surface area contributed by atoms with E-state index < -0.39 is 17.7 Å². The number of amides is 1. The monoisotopic (exact) mass is 395 g/mol. The molecule has 0 saturated heterocycles. The number of alkyl halides is 3. The maximum atomic E-state index is 12.9. The highest BCUT2D eigenvalue weighted by atomic mass is 19.4. The lowest BCUT2D eigenvalue weighted by Gasteiger charge is -2.13. The minimum atomic E-state index is -4.48. The number of methoxy groups -OCH3 is 1.